The van der Waals surface area contributed by atoms with Gasteiger partial charge < -0.3 is 14.6 Å². The lowest BCUT2D eigenvalue weighted by Crippen LogP contribution is -2.47. The summed E-state index contributed by atoms with van der Waals surface area (Å²) in [6.07, 6.45) is 3.70. The number of nitrogens with zero attached hydrogens (tertiary/aromatic N) is 1. The average molecular weight is 250 g/mol. The van der Waals surface area contributed by atoms with Crippen molar-refractivity contribution >= 4 is 0 Å². The fourth-order valence-corrected chi connectivity index (χ4v) is 2.99. The number of nitrogens with one attached hydrogen (secondary N) is 1. The van der Waals surface area contributed by atoms with Crippen molar-refractivity contribution in [1.82, 2.24) is 9.88 Å². The van der Waals surface area contributed by atoms with E-state index in [1.165, 1.54) is 36.2 Å². The van der Waals surface area contributed by atoms with Crippen molar-refractivity contribution in [2.75, 3.05) is 13.7 Å². The van der Waals surface area contributed by atoms with Crippen LogP contribution in [0.4, 0.5) is 0 Å². The molecule has 1 aliphatic carbocycles. The van der Waals surface area contributed by atoms with Gasteiger partial charge in [0.15, 0.2) is 0 Å². The lowest BCUT2D eigenvalue weighted by atomic mass is 9.80. The Kier molecular flexibility index (Phi) is 4.13. The van der Waals surface area contributed by atoms with Crippen molar-refractivity contribution in [2.24, 2.45) is 0 Å². The van der Waals surface area contributed by atoms with Gasteiger partial charge in [-0.2, -0.15) is 0 Å². The highest BCUT2D eigenvalue weighted by atomic mass is 16.5. The summed E-state index contributed by atoms with van der Waals surface area (Å²) in [5.74, 6) is 0. The molecule has 0 amide bonds. The minimum atomic E-state index is 0.121. The predicted molar refractivity (Wildman–Crippen MR) is 74.9 cm³/mol. The maximum absolute atomic E-state index is 5.62. The van der Waals surface area contributed by atoms with Crippen LogP contribution in [0.5, 0.6) is 0 Å². The smallest absolute Gasteiger partial charge is 0.0802 e. The van der Waals surface area contributed by atoms with Crippen LogP contribution in [0.2, 0.25) is 0 Å². The molecule has 0 radical (unpaired) electrons. The predicted octanol–water partition coefficient (Wildman–Crippen LogP) is 2.78. The van der Waals surface area contributed by atoms with Gasteiger partial charge >= 0.3 is 0 Å². The molecule has 0 aliphatic heterocycles. The summed E-state index contributed by atoms with van der Waals surface area (Å²) in [6.45, 7) is 9.57. The van der Waals surface area contributed by atoms with Gasteiger partial charge in [-0.05, 0) is 51.7 Å². The zero-order chi connectivity index (χ0) is 13.2. The molecule has 2 rings (SSSR count). The molecule has 0 unspecified atom stereocenters. The Labute approximate surface area is 111 Å². The van der Waals surface area contributed by atoms with Crippen LogP contribution in [-0.2, 0) is 17.8 Å². The van der Waals surface area contributed by atoms with Gasteiger partial charge in [-0.3, -0.25) is 0 Å². The molecule has 1 N–H and O–H groups in total. The lowest BCUT2D eigenvalue weighted by molar-refractivity contribution is -0.0695. The van der Waals surface area contributed by atoms with Crippen LogP contribution in [0.15, 0.2) is 6.07 Å². The molecule has 102 valence electrons. The highest BCUT2D eigenvalue weighted by Gasteiger charge is 2.36. The van der Waals surface area contributed by atoms with Crippen LogP contribution in [-0.4, -0.2) is 23.8 Å². The molecule has 1 heterocycles. The van der Waals surface area contributed by atoms with Crippen molar-refractivity contribution in [1.29, 1.82) is 0 Å². The Morgan fingerprint density at radius 1 is 1.39 bits per heavy atom. The van der Waals surface area contributed by atoms with Crippen molar-refractivity contribution in [3.8, 4) is 0 Å². The summed E-state index contributed by atoms with van der Waals surface area (Å²) in [6, 6.07) is 2.30. The second kappa shape index (κ2) is 5.45. The van der Waals surface area contributed by atoms with Crippen LogP contribution in [0.1, 0.15) is 43.1 Å². The Balaban J connectivity index is 1.90. The highest BCUT2D eigenvalue weighted by molar-refractivity contribution is 5.26. The summed E-state index contributed by atoms with van der Waals surface area (Å²) in [7, 11) is 1.84. The normalized spacial score (nSPS) is 17.8. The van der Waals surface area contributed by atoms with Gasteiger partial charge in [0.05, 0.1) is 5.60 Å². The molecule has 0 bridgehead atoms. The summed E-state index contributed by atoms with van der Waals surface area (Å²) < 4.78 is 7.99. The first kappa shape index (κ1) is 13.6. The van der Waals surface area contributed by atoms with Gasteiger partial charge in [0.2, 0.25) is 0 Å². The molecule has 0 spiro atoms. The fourth-order valence-electron chi connectivity index (χ4n) is 2.99. The SMILES string of the molecule is CCn1c(C)cc(CNCC2(OC)CCC2)c1C. The zero-order valence-corrected chi connectivity index (χ0v) is 12.2. The topological polar surface area (TPSA) is 26.2 Å². The van der Waals surface area contributed by atoms with E-state index in [-0.39, 0.29) is 5.60 Å². The molecule has 0 atom stereocenters. The number of ether oxygens (including phenoxy) is 1. The molecule has 1 aromatic heterocycles. The van der Waals surface area contributed by atoms with Crippen LogP contribution < -0.4 is 5.32 Å². The number of methoxy groups -OCH3 is 1. The summed E-state index contributed by atoms with van der Waals surface area (Å²) >= 11 is 0. The van der Waals surface area contributed by atoms with Gasteiger partial charge in [0.25, 0.3) is 0 Å². The fraction of sp³-hybridized carbons (Fsp3) is 0.733. The molecule has 1 fully saturated rings. The molecular weight excluding hydrogens is 224 g/mol. The largest absolute Gasteiger partial charge is 0.377 e. The van der Waals surface area contributed by atoms with Crippen LogP contribution in [0.25, 0.3) is 0 Å². The monoisotopic (exact) mass is 250 g/mol. The van der Waals surface area contributed by atoms with E-state index in [0.29, 0.717) is 0 Å². The first-order valence-electron chi connectivity index (χ1n) is 7.03. The second-order valence-electron chi connectivity index (χ2n) is 5.48. The minimum Gasteiger partial charge on any atom is -0.377 e. The van der Waals surface area contributed by atoms with Gasteiger partial charge in [0, 0.05) is 38.1 Å². The third-order valence-electron chi connectivity index (χ3n) is 4.46. The molecule has 0 saturated heterocycles. The molecule has 0 aromatic carbocycles. The maximum Gasteiger partial charge on any atom is 0.0802 e. The van der Waals surface area contributed by atoms with Crippen LogP contribution in [0, 0.1) is 13.8 Å². The second-order valence-corrected chi connectivity index (χ2v) is 5.48. The van der Waals surface area contributed by atoms with E-state index in [4.69, 9.17) is 4.74 Å². The zero-order valence-electron chi connectivity index (χ0n) is 12.2. The van der Waals surface area contributed by atoms with Crippen molar-refractivity contribution in [2.45, 2.75) is 58.7 Å². The molecular formula is C15H26N2O. The number of rotatable bonds is 6. The van der Waals surface area contributed by atoms with Gasteiger partial charge in [-0.25, -0.2) is 0 Å². The first-order chi connectivity index (χ1) is 8.62. The maximum atomic E-state index is 5.62. The van der Waals surface area contributed by atoms with Gasteiger partial charge in [-0.1, -0.05) is 0 Å². The summed E-state index contributed by atoms with van der Waals surface area (Å²) in [5, 5.41) is 3.56. The van der Waals surface area contributed by atoms with Gasteiger partial charge in [-0.15, -0.1) is 0 Å². The quantitative estimate of drug-likeness (QED) is 0.840. The molecule has 1 aromatic rings. The number of aryl methyl sites for hydroxylation is 1. The van der Waals surface area contributed by atoms with Crippen molar-refractivity contribution < 1.29 is 4.74 Å². The van der Waals surface area contributed by atoms with Crippen LogP contribution in [0.3, 0.4) is 0 Å². The Morgan fingerprint density at radius 2 is 2.11 bits per heavy atom. The van der Waals surface area contributed by atoms with Gasteiger partial charge in [0.1, 0.15) is 0 Å². The van der Waals surface area contributed by atoms with E-state index >= 15 is 0 Å². The minimum absolute atomic E-state index is 0.121. The standard InChI is InChI=1S/C15H26N2O/c1-5-17-12(2)9-14(13(17)3)10-16-11-15(18-4)7-6-8-15/h9,16H,5-8,10-11H2,1-4H3. The van der Waals surface area contributed by atoms with E-state index in [1.807, 2.05) is 7.11 Å². The number of hydrogen-bond acceptors (Lipinski definition) is 2. The lowest BCUT2D eigenvalue weighted by Gasteiger charge is -2.40. The third-order valence-corrected chi connectivity index (χ3v) is 4.46. The van der Waals surface area contributed by atoms with Crippen molar-refractivity contribution in [3.05, 3.63) is 23.0 Å². The molecule has 1 aliphatic rings. The summed E-state index contributed by atoms with van der Waals surface area (Å²) in [4.78, 5) is 0. The van der Waals surface area contributed by atoms with Crippen molar-refractivity contribution in [3.63, 3.8) is 0 Å². The van der Waals surface area contributed by atoms with E-state index in [0.717, 1.165) is 19.6 Å². The van der Waals surface area contributed by atoms with E-state index < -0.39 is 0 Å². The number of aromatic nitrogens is 1. The first-order valence-corrected chi connectivity index (χ1v) is 7.03. The molecule has 3 heteroatoms. The van der Waals surface area contributed by atoms with E-state index in [1.54, 1.807) is 0 Å². The Hall–Kier alpha value is -0.800. The molecule has 18 heavy (non-hydrogen) atoms. The Bertz CT molecular complexity index is 399. The van der Waals surface area contributed by atoms with Crippen LogP contribution >= 0.6 is 0 Å². The number of hydrogen-bond donors (Lipinski definition) is 1. The molecule has 1 saturated carbocycles. The average Bonchev–Trinajstić information content (AvgIpc) is 2.57. The summed E-state index contributed by atoms with van der Waals surface area (Å²) in [5.41, 5.74) is 4.29. The van der Waals surface area contributed by atoms with E-state index in [2.05, 4.69) is 36.7 Å². The van der Waals surface area contributed by atoms with E-state index in [9.17, 15) is 0 Å². The Morgan fingerprint density at radius 3 is 2.56 bits per heavy atom. The third kappa shape index (κ3) is 2.47. The highest BCUT2D eigenvalue weighted by Crippen LogP contribution is 2.34. The molecule has 3 nitrogen and oxygen atoms in total.